The number of halogens is 1. The lowest BCUT2D eigenvalue weighted by molar-refractivity contribution is -0.123. The molecule has 0 spiro atoms. The summed E-state index contributed by atoms with van der Waals surface area (Å²) in [7, 11) is 1.61. The van der Waals surface area contributed by atoms with Crippen LogP contribution in [-0.2, 0) is 11.3 Å². The van der Waals surface area contributed by atoms with Gasteiger partial charge in [-0.1, -0.05) is 29.8 Å². The predicted octanol–water partition coefficient (Wildman–Crippen LogP) is 3.66. The van der Waals surface area contributed by atoms with Crippen LogP contribution in [-0.4, -0.2) is 19.6 Å². The second-order valence-corrected chi connectivity index (χ2v) is 5.68. The van der Waals surface area contributed by atoms with E-state index in [1.165, 1.54) is 0 Å². The first-order valence-electron chi connectivity index (χ1n) is 7.29. The fourth-order valence-corrected chi connectivity index (χ4v) is 2.68. The molecule has 23 heavy (non-hydrogen) atoms. The lowest BCUT2D eigenvalue weighted by atomic mass is 10.1. The molecule has 0 saturated heterocycles. The fraction of sp³-hybridized carbons (Fsp3) is 0.278. The Morgan fingerprint density at radius 2 is 1.83 bits per heavy atom. The van der Waals surface area contributed by atoms with Crippen molar-refractivity contribution in [3.8, 4) is 11.5 Å². The number of rotatable bonds is 6. The van der Waals surface area contributed by atoms with E-state index in [-0.39, 0.29) is 12.5 Å². The van der Waals surface area contributed by atoms with Crippen LogP contribution in [0.5, 0.6) is 11.5 Å². The first-order chi connectivity index (χ1) is 11.0. The van der Waals surface area contributed by atoms with Gasteiger partial charge in [0.1, 0.15) is 11.5 Å². The predicted molar refractivity (Wildman–Crippen MR) is 91.3 cm³/mol. The number of ether oxygens (including phenoxy) is 2. The zero-order valence-electron chi connectivity index (χ0n) is 13.5. The van der Waals surface area contributed by atoms with Crippen molar-refractivity contribution in [3.05, 3.63) is 58.1 Å². The van der Waals surface area contributed by atoms with Gasteiger partial charge < -0.3 is 14.8 Å². The number of amides is 1. The number of hydrogen-bond donors (Lipinski definition) is 1. The molecule has 0 fully saturated rings. The summed E-state index contributed by atoms with van der Waals surface area (Å²) in [6.45, 7) is 4.16. The Morgan fingerprint density at radius 3 is 2.48 bits per heavy atom. The van der Waals surface area contributed by atoms with Gasteiger partial charge in [0.2, 0.25) is 0 Å². The van der Waals surface area contributed by atoms with E-state index in [0.717, 1.165) is 22.4 Å². The fourth-order valence-electron chi connectivity index (χ4n) is 2.36. The van der Waals surface area contributed by atoms with Crippen molar-refractivity contribution in [2.24, 2.45) is 0 Å². The minimum atomic E-state index is -0.190. The summed E-state index contributed by atoms with van der Waals surface area (Å²) in [5.74, 6) is 1.25. The highest BCUT2D eigenvalue weighted by molar-refractivity contribution is 6.30. The van der Waals surface area contributed by atoms with Crippen molar-refractivity contribution >= 4 is 17.5 Å². The molecule has 0 aliphatic heterocycles. The van der Waals surface area contributed by atoms with E-state index in [2.05, 4.69) is 5.32 Å². The van der Waals surface area contributed by atoms with Crippen molar-refractivity contribution < 1.29 is 14.3 Å². The normalized spacial score (nSPS) is 10.3. The highest BCUT2D eigenvalue weighted by atomic mass is 35.5. The summed E-state index contributed by atoms with van der Waals surface area (Å²) in [5.41, 5.74) is 2.74. The summed E-state index contributed by atoms with van der Waals surface area (Å²) in [6, 6.07) is 11.2. The van der Waals surface area contributed by atoms with Crippen molar-refractivity contribution in [1.29, 1.82) is 0 Å². The molecule has 0 aliphatic carbocycles. The van der Waals surface area contributed by atoms with Crippen LogP contribution in [0.2, 0.25) is 5.02 Å². The van der Waals surface area contributed by atoms with Crippen LogP contribution >= 0.6 is 11.6 Å². The number of nitrogens with one attached hydrogen (secondary N) is 1. The first kappa shape index (κ1) is 17.2. The Bertz CT molecular complexity index is 677. The summed E-state index contributed by atoms with van der Waals surface area (Å²) in [6.07, 6.45) is 0. The Morgan fingerprint density at radius 1 is 1.17 bits per heavy atom. The second-order valence-electron chi connectivity index (χ2n) is 5.25. The van der Waals surface area contributed by atoms with E-state index in [4.69, 9.17) is 21.1 Å². The average molecular weight is 334 g/mol. The summed E-state index contributed by atoms with van der Waals surface area (Å²) in [4.78, 5) is 12.0. The monoisotopic (exact) mass is 333 g/mol. The van der Waals surface area contributed by atoms with Gasteiger partial charge in [-0.25, -0.2) is 0 Å². The highest BCUT2D eigenvalue weighted by Crippen LogP contribution is 2.26. The second kappa shape index (κ2) is 7.88. The molecule has 0 unspecified atom stereocenters. The van der Waals surface area contributed by atoms with Gasteiger partial charge in [0.05, 0.1) is 7.11 Å². The lowest BCUT2D eigenvalue weighted by Crippen LogP contribution is -2.28. The third-order valence-electron chi connectivity index (χ3n) is 3.44. The standard InChI is InChI=1S/C18H20ClNO3/c1-12-8-15(19)9-13(2)18(12)23-11-17(21)20-10-14-6-4-5-7-16(14)22-3/h4-9H,10-11H2,1-3H3,(H,20,21). The van der Waals surface area contributed by atoms with Gasteiger partial charge in [-0.15, -0.1) is 0 Å². The molecule has 1 N–H and O–H groups in total. The van der Waals surface area contributed by atoms with Gasteiger partial charge in [-0.2, -0.15) is 0 Å². The van der Waals surface area contributed by atoms with Gasteiger partial charge in [0.15, 0.2) is 6.61 Å². The smallest absolute Gasteiger partial charge is 0.258 e. The summed E-state index contributed by atoms with van der Waals surface area (Å²) < 4.78 is 10.9. The Labute approximate surface area is 141 Å². The van der Waals surface area contributed by atoms with Gasteiger partial charge in [-0.05, 0) is 43.2 Å². The molecule has 122 valence electrons. The van der Waals surface area contributed by atoms with Crippen LogP contribution in [0.3, 0.4) is 0 Å². The molecule has 0 saturated carbocycles. The maximum absolute atomic E-state index is 12.0. The molecule has 0 bridgehead atoms. The minimum absolute atomic E-state index is 0.0432. The molecule has 0 aliphatic rings. The molecule has 5 heteroatoms. The molecular formula is C18H20ClNO3. The molecule has 2 rings (SSSR count). The van der Waals surface area contributed by atoms with Crippen LogP contribution in [0.25, 0.3) is 0 Å². The highest BCUT2D eigenvalue weighted by Gasteiger charge is 2.09. The Balaban J connectivity index is 1.91. The number of methoxy groups -OCH3 is 1. The molecule has 0 atom stereocenters. The topological polar surface area (TPSA) is 47.6 Å². The molecule has 0 radical (unpaired) electrons. The molecule has 0 aromatic heterocycles. The van der Waals surface area contributed by atoms with Gasteiger partial charge >= 0.3 is 0 Å². The quantitative estimate of drug-likeness (QED) is 0.877. The summed E-state index contributed by atoms with van der Waals surface area (Å²) >= 11 is 5.98. The lowest BCUT2D eigenvalue weighted by Gasteiger charge is -2.13. The van der Waals surface area contributed by atoms with Gasteiger partial charge in [0, 0.05) is 17.1 Å². The molecule has 2 aromatic rings. The molecule has 2 aromatic carbocycles. The van der Waals surface area contributed by atoms with Gasteiger partial charge in [0.25, 0.3) is 5.91 Å². The number of carbonyl (C=O) groups is 1. The molecule has 0 heterocycles. The zero-order chi connectivity index (χ0) is 16.8. The van der Waals surface area contributed by atoms with Gasteiger partial charge in [-0.3, -0.25) is 4.79 Å². The maximum Gasteiger partial charge on any atom is 0.258 e. The van der Waals surface area contributed by atoms with Crippen LogP contribution in [0, 0.1) is 13.8 Å². The van der Waals surface area contributed by atoms with Crippen LogP contribution in [0.4, 0.5) is 0 Å². The van der Waals surface area contributed by atoms with Crippen molar-refractivity contribution in [2.45, 2.75) is 20.4 Å². The number of hydrogen-bond acceptors (Lipinski definition) is 3. The van der Waals surface area contributed by atoms with Crippen molar-refractivity contribution in [2.75, 3.05) is 13.7 Å². The van der Waals surface area contributed by atoms with E-state index < -0.39 is 0 Å². The number of aryl methyl sites for hydroxylation is 2. The van der Waals surface area contributed by atoms with Crippen LogP contribution < -0.4 is 14.8 Å². The van der Waals surface area contributed by atoms with E-state index in [0.29, 0.717) is 17.3 Å². The average Bonchev–Trinajstić information content (AvgIpc) is 2.52. The molecule has 4 nitrogen and oxygen atoms in total. The van der Waals surface area contributed by atoms with E-state index in [1.54, 1.807) is 7.11 Å². The number of benzene rings is 2. The third kappa shape index (κ3) is 4.63. The number of para-hydroxylation sites is 1. The van der Waals surface area contributed by atoms with E-state index in [9.17, 15) is 4.79 Å². The molecular weight excluding hydrogens is 314 g/mol. The van der Waals surface area contributed by atoms with E-state index >= 15 is 0 Å². The van der Waals surface area contributed by atoms with Crippen LogP contribution in [0.15, 0.2) is 36.4 Å². The SMILES string of the molecule is COc1ccccc1CNC(=O)COc1c(C)cc(Cl)cc1C. The Hall–Kier alpha value is -2.20. The molecule has 1 amide bonds. The first-order valence-corrected chi connectivity index (χ1v) is 7.67. The largest absolute Gasteiger partial charge is 0.496 e. The summed E-state index contributed by atoms with van der Waals surface area (Å²) in [5, 5.41) is 3.48. The van der Waals surface area contributed by atoms with Crippen molar-refractivity contribution in [3.63, 3.8) is 0 Å². The third-order valence-corrected chi connectivity index (χ3v) is 3.66. The number of carbonyl (C=O) groups excluding carboxylic acids is 1. The zero-order valence-corrected chi connectivity index (χ0v) is 14.2. The Kier molecular flexibility index (Phi) is 5.88. The minimum Gasteiger partial charge on any atom is -0.496 e. The maximum atomic E-state index is 12.0. The van der Waals surface area contributed by atoms with Crippen molar-refractivity contribution in [1.82, 2.24) is 5.32 Å². The van der Waals surface area contributed by atoms with Crippen LogP contribution in [0.1, 0.15) is 16.7 Å². The van der Waals surface area contributed by atoms with E-state index in [1.807, 2.05) is 50.2 Å².